The number of nitrogens with one attached hydrogen (secondary N) is 2. The summed E-state index contributed by atoms with van der Waals surface area (Å²) in [6, 6.07) is 9.98. The van der Waals surface area contributed by atoms with Crippen molar-refractivity contribution in [2.45, 2.75) is 12.6 Å². The van der Waals surface area contributed by atoms with Crippen LogP contribution in [-0.4, -0.2) is 34.5 Å². The van der Waals surface area contributed by atoms with Gasteiger partial charge in [-0.15, -0.1) is 11.3 Å². The lowest BCUT2D eigenvalue weighted by molar-refractivity contribution is 0.150. The van der Waals surface area contributed by atoms with Crippen molar-refractivity contribution in [2.24, 2.45) is 0 Å². The first-order valence-corrected chi connectivity index (χ1v) is 9.14. The third kappa shape index (κ3) is 2.98. The number of fused-ring (bicyclic) bond motifs is 1. The maximum Gasteiger partial charge on any atom is 0.268 e. The van der Waals surface area contributed by atoms with E-state index in [2.05, 4.69) is 26.3 Å². The molecule has 1 fully saturated rings. The second kappa shape index (κ2) is 6.64. The Morgan fingerprint density at radius 2 is 2.21 bits per heavy atom. The zero-order chi connectivity index (χ0) is 16.5. The van der Waals surface area contributed by atoms with Gasteiger partial charge in [0.05, 0.1) is 12.1 Å². The molecule has 3 aromatic rings. The first-order chi connectivity index (χ1) is 11.7. The van der Waals surface area contributed by atoms with Crippen LogP contribution in [0.5, 0.6) is 0 Å². The molecule has 2 aromatic heterocycles. The molecule has 2 N–H and O–H groups in total. The summed E-state index contributed by atoms with van der Waals surface area (Å²) >= 11 is 7.81. The first kappa shape index (κ1) is 15.8. The van der Waals surface area contributed by atoms with Crippen molar-refractivity contribution in [2.75, 3.05) is 19.6 Å². The first-order valence-electron chi connectivity index (χ1n) is 7.88. The van der Waals surface area contributed by atoms with Gasteiger partial charge in [-0.3, -0.25) is 9.69 Å². The van der Waals surface area contributed by atoms with Crippen molar-refractivity contribution < 1.29 is 0 Å². The average Bonchev–Trinajstić information content (AvgIpc) is 3.05. The average molecular weight is 361 g/mol. The highest BCUT2D eigenvalue weighted by atomic mass is 35.5. The van der Waals surface area contributed by atoms with Gasteiger partial charge in [-0.25, -0.2) is 4.98 Å². The van der Waals surface area contributed by atoms with Gasteiger partial charge in [0.25, 0.3) is 5.56 Å². The summed E-state index contributed by atoms with van der Waals surface area (Å²) in [6.45, 7) is 3.21. The standard InChI is InChI=1S/C17H17ClN4OS/c18-12-4-2-1-3-11(12)14-9-19-6-7-22(14)10-15-20-13-5-8-24-16(13)17(23)21-15/h1-5,8,14,19H,6-7,9-10H2,(H,20,21,23). The van der Waals surface area contributed by atoms with Gasteiger partial charge >= 0.3 is 0 Å². The van der Waals surface area contributed by atoms with Gasteiger partial charge in [-0.1, -0.05) is 29.8 Å². The molecule has 0 amide bonds. The van der Waals surface area contributed by atoms with Crippen LogP contribution in [-0.2, 0) is 6.54 Å². The maximum absolute atomic E-state index is 12.2. The Hall–Kier alpha value is -1.73. The highest BCUT2D eigenvalue weighted by Gasteiger charge is 2.26. The summed E-state index contributed by atoms with van der Waals surface area (Å²) in [6.07, 6.45) is 0. The van der Waals surface area contributed by atoms with Crippen LogP contribution in [0.1, 0.15) is 17.4 Å². The second-order valence-corrected chi connectivity index (χ2v) is 7.18. The number of rotatable bonds is 3. The number of halogens is 1. The monoisotopic (exact) mass is 360 g/mol. The van der Waals surface area contributed by atoms with Gasteiger partial charge in [0, 0.05) is 30.7 Å². The van der Waals surface area contributed by atoms with E-state index in [-0.39, 0.29) is 11.6 Å². The third-order valence-corrected chi connectivity index (χ3v) is 5.58. The van der Waals surface area contributed by atoms with Gasteiger partial charge < -0.3 is 10.3 Å². The van der Waals surface area contributed by atoms with E-state index in [0.29, 0.717) is 17.1 Å². The second-order valence-electron chi connectivity index (χ2n) is 5.86. The molecule has 7 heteroatoms. The number of benzene rings is 1. The number of nitrogens with zero attached hydrogens (tertiary/aromatic N) is 2. The summed E-state index contributed by atoms with van der Waals surface area (Å²) < 4.78 is 0.682. The lowest BCUT2D eigenvalue weighted by Gasteiger charge is -2.36. The summed E-state index contributed by atoms with van der Waals surface area (Å²) in [4.78, 5) is 22.0. The largest absolute Gasteiger partial charge is 0.314 e. The fraction of sp³-hybridized carbons (Fsp3) is 0.294. The molecule has 0 bridgehead atoms. The van der Waals surface area contributed by atoms with Gasteiger partial charge in [0.2, 0.25) is 0 Å². The Bertz CT molecular complexity index is 922. The van der Waals surface area contributed by atoms with Crippen molar-refractivity contribution in [3.8, 4) is 0 Å². The molecule has 1 aliphatic heterocycles. The minimum absolute atomic E-state index is 0.0607. The molecule has 1 aromatic carbocycles. The number of hydrogen-bond donors (Lipinski definition) is 2. The number of aromatic amines is 1. The van der Waals surface area contributed by atoms with E-state index in [0.717, 1.165) is 35.7 Å². The van der Waals surface area contributed by atoms with Crippen LogP contribution in [0.25, 0.3) is 10.2 Å². The molecule has 0 saturated carbocycles. The molecule has 1 saturated heterocycles. The Kier molecular flexibility index (Phi) is 4.37. The van der Waals surface area contributed by atoms with Gasteiger partial charge in [0.1, 0.15) is 10.5 Å². The van der Waals surface area contributed by atoms with Gasteiger partial charge in [0.15, 0.2) is 0 Å². The minimum Gasteiger partial charge on any atom is -0.314 e. The number of thiophene rings is 1. The van der Waals surface area contributed by atoms with Crippen molar-refractivity contribution in [3.05, 3.63) is 62.5 Å². The Labute approximate surface area is 148 Å². The minimum atomic E-state index is -0.0607. The lowest BCUT2D eigenvalue weighted by Crippen LogP contribution is -2.46. The smallest absolute Gasteiger partial charge is 0.268 e. The van der Waals surface area contributed by atoms with Crippen LogP contribution in [0.2, 0.25) is 5.02 Å². The molecule has 1 unspecified atom stereocenters. The van der Waals surface area contributed by atoms with Crippen LogP contribution in [0.4, 0.5) is 0 Å². The highest BCUT2D eigenvalue weighted by molar-refractivity contribution is 7.17. The molecule has 1 aliphatic rings. The SMILES string of the molecule is O=c1[nH]c(CN2CCNCC2c2ccccc2Cl)nc2ccsc12. The molecule has 0 spiro atoms. The zero-order valence-electron chi connectivity index (χ0n) is 13.0. The van der Waals surface area contributed by atoms with E-state index in [9.17, 15) is 4.79 Å². The van der Waals surface area contributed by atoms with Crippen molar-refractivity contribution in [1.29, 1.82) is 0 Å². The van der Waals surface area contributed by atoms with E-state index in [4.69, 9.17) is 11.6 Å². The normalized spacial score (nSPS) is 19.0. The summed E-state index contributed by atoms with van der Waals surface area (Å²) in [5.74, 6) is 0.699. The van der Waals surface area contributed by atoms with Crippen molar-refractivity contribution >= 4 is 33.2 Å². The fourth-order valence-electron chi connectivity index (χ4n) is 3.18. The van der Waals surface area contributed by atoms with E-state index in [1.807, 2.05) is 29.6 Å². The number of H-pyrrole nitrogens is 1. The van der Waals surface area contributed by atoms with E-state index in [1.165, 1.54) is 11.3 Å². The molecular weight excluding hydrogens is 344 g/mol. The molecule has 124 valence electrons. The molecule has 0 aliphatic carbocycles. The van der Waals surface area contributed by atoms with Gasteiger partial charge in [-0.05, 0) is 23.1 Å². The van der Waals surface area contributed by atoms with Crippen molar-refractivity contribution in [3.63, 3.8) is 0 Å². The lowest BCUT2D eigenvalue weighted by atomic mass is 10.0. The maximum atomic E-state index is 12.2. The molecule has 5 nitrogen and oxygen atoms in total. The van der Waals surface area contributed by atoms with Crippen LogP contribution in [0.15, 0.2) is 40.5 Å². The van der Waals surface area contributed by atoms with E-state index in [1.54, 1.807) is 0 Å². The van der Waals surface area contributed by atoms with Crippen LogP contribution in [0, 0.1) is 0 Å². The summed E-state index contributed by atoms with van der Waals surface area (Å²) in [7, 11) is 0. The molecule has 0 radical (unpaired) electrons. The Morgan fingerprint density at radius 1 is 1.33 bits per heavy atom. The third-order valence-electron chi connectivity index (χ3n) is 4.34. The number of aromatic nitrogens is 2. The Balaban J connectivity index is 1.65. The van der Waals surface area contributed by atoms with E-state index >= 15 is 0 Å². The van der Waals surface area contributed by atoms with Crippen LogP contribution in [0.3, 0.4) is 0 Å². The van der Waals surface area contributed by atoms with Crippen LogP contribution < -0.4 is 10.9 Å². The molecule has 3 heterocycles. The zero-order valence-corrected chi connectivity index (χ0v) is 14.5. The molecular formula is C17H17ClN4OS. The molecule has 4 rings (SSSR count). The summed E-state index contributed by atoms with van der Waals surface area (Å²) in [5, 5.41) is 6.09. The van der Waals surface area contributed by atoms with Crippen LogP contribution >= 0.6 is 22.9 Å². The summed E-state index contributed by atoms with van der Waals surface area (Å²) in [5.41, 5.74) is 1.81. The van der Waals surface area contributed by atoms with E-state index < -0.39 is 0 Å². The number of hydrogen-bond acceptors (Lipinski definition) is 5. The van der Waals surface area contributed by atoms with Crippen molar-refractivity contribution in [1.82, 2.24) is 20.2 Å². The molecule has 1 atom stereocenters. The fourth-order valence-corrected chi connectivity index (χ4v) is 4.16. The highest BCUT2D eigenvalue weighted by Crippen LogP contribution is 2.29. The predicted molar refractivity (Wildman–Crippen MR) is 97.7 cm³/mol. The molecule has 24 heavy (non-hydrogen) atoms. The topological polar surface area (TPSA) is 61.0 Å². The Morgan fingerprint density at radius 3 is 3.08 bits per heavy atom. The number of piperazine rings is 1. The quantitative estimate of drug-likeness (QED) is 0.754. The predicted octanol–water partition coefficient (Wildman–Crippen LogP) is 2.78. The van der Waals surface area contributed by atoms with Gasteiger partial charge in [-0.2, -0.15) is 0 Å².